The lowest BCUT2D eigenvalue weighted by Gasteiger charge is -2.26. The van der Waals surface area contributed by atoms with Crippen LogP contribution in [0.25, 0.3) is 0 Å². The summed E-state index contributed by atoms with van der Waals surface area (Å²) in [4.78, 5) is 30.9. The minimum absolute atomic E-state index is 0.113. The van der Waals surface area contributed by atoms with Crippen LogP contribution in [0.2, 0.25) is 0 Å². The highest BCUT2D eigenvalue weighted by molar-refractivity contribution is 5.90. The van der Waals surface area contributed by atoms with Crippen molar-refractivity contribution in [2.24, 2.45) is 0 Å². The van der Waals surface area contributed by atoms with E-state index in [2.05, 4.69) is 13.8 Å². The number of aromatic hydroxyl groups is 2. The van der Waals surface area contributed by atoms with Gasteiger partial charge in [0, 0.05) is 28.2 Å². The van der Waals surface area contributed by atoms with Gasteiger partial charge in [-0.15, -0.1) is 0 Å². The van der Waals surface area contributed by atoms with Gasteiger partial charge in [-0.3, -0.25) is 0 Å². The van der Waals surface area contributed by atoms with Crippen molar-refractivity contribution in [2.75, 3.05) is 22.9 Å². The Morgan fingerprint density at radius 2 is 0.729 bits per heavy atom. The number of nitrogens with two attached hydrogens (primary N) is 4. The molecule has 0 fully saturated rings. The topological polar surface area (TPSA) is 256 Å². The molecule has 0 radical (unpaired) electrons. The van der Waals surface area contributed by atoms with Gasteiger partial charge in [-0.05, 0) is 102 Å². The van der Waals surface area contributed by atoms with Crippen LogP contribution in [0.15, 0.2) is 115 Å². The predicted octanol–water partition coefficient (Wildman–Crippen LogP) is 5.91. The van der Waals surface area contributed by atoms with Crippen LogP contribution in [0.5, 0.6) is 11.5 Å². The van der Waals surface area contributed by atoms with Crippen molar-refractivity contribution in [1.29, 1.82) is 0 Å². The molecule has 48 heavy (non-hydrogen) atoms. The second kappa shape index (κ2) is 17.1. The lowest BCUT2D eigenvalue weighted by Crippen LogP contribution is -2.18. The Morgan fingerprint density at radius 1 is 0.438 bits per heavy atom. The van der Waals surface area contributed by atoms with E-state index in [1.54, 1.807) is 48.5 Å². The third kappa shape index (κ3) is 12.0. The van der Waals surface area contributed by atoms with Crippen molar-refractivity contribution >= 4 is 40.7 Å². The third-order valence-electron chi connectivity index (χ3n) is 6.72. The van der Waals surface area contributed by atoms with E-state index in [0.29, 0.717) is 22.7 Å². The average molecular weight is 655 g/mol. The van der Waals surface area contributed by atoms with Crippen molar-refractivity contribution in [3.05, 3.63) is 143 Å². The zero-order chi connectivity index (χ0) is 36.0. The zero-order valence-electron chi connectivity index (χ0n) is 26.2. The van der Waals surface area contributed by atoms with Crippen molar-refractivity contribution < 1.29 is 39.9 Å². The van der Waals surface area contributed by atoms with E-state index < -0.39 is 17.9 Å². The highest BCUT2D eigenvalue weighted by atomic mass is 16.4. The maximum Gasteiger partial charge on any atom is 0.335 e. The highest BCUT2D eigenvalue weighted by Crippen LogP contribution is 2.33. The van der Waals surface area contributed by atoms with Gasteiger partial charge in [0.15, 0.2) is 0 Å². The molecule has 0 atom stereocenters. The number of nitrogen functional groups attached to an aromatic ring is 4. The maximum absolute atomic E-state index is 10.4. The molecule has 0 unspecified atom stereocenters. The molecule has 0 aliphatic heterocycles. The van der Waals surface area contributed by atoms with Gasteiger partial charge in [0.2, 0.25) is 0 Å². The van der Waals surface area contributed by atoms with Crippen LogP contribution in [0.3, 0.4) is 0 Å². The Kier molecular flexibility index (Phi) is 13.4. The smallest absolute Gasteiger partial charge is 0.335 e. The van der Waals surface area contributed by atoms with Gasteiger partial charge >= 0.3 is 17.9 Å². The maximum atomic E-state index is 10.4. The highest BCUT2D eigenvalue weighted by Gasteiger charge is 2.22. The lowest BCUT2D eigenvalue weighted by atomic mass is 9.78. The SMILES string of the molecule is CC(C)(c1ccc(O)cc1)c1ccc(O)cc1.Nc1cc(N)cc(C(=O)O)c1.Nc1ccc(C(=O)O)cc1.Nc1ccc(C(=O)O)cc1. The first-order chi connectivity index (χ1) is 22.5. The molecule has 0 heterocycles. The lowest BCUT2D eigenvalue weighted by molar-refractivity contribution is 0.0686. The molecule has 250 valence electrons. The number of benzene rings is 5. The van der Waals surface area contributed by atoms with Crippen LogP contribution in [0.1, 0.15) is 56.0 Å². The Morgan fingerprint density at radius 3 is 1.00 bits per heavy atom. The van der Waals surface area contributed by atoms with E-state index in [9.17, 15) is 24.6 Å². The number of aromatic carboxylic acids is 3. The van der Waals surface area contributed by atoms with Gasteiger partial charge in [0.1, 0.15) is 11.5 Å². The molecule has 0 saturated heterocycles. The van der Waals surface area contributed by atoms with E-state index in [1.165, 1.54) is 42.5 Å². The summed E-state index contributed by atoms with van der Waals surface area (Å²) in [5.41, 5.74) is 26.0. The summed E-state index contributed by atoms with van der Waals surface area (Å²) in [6.07, 6.45) is 0. The van der Waals surface area contributed by atoms with E-state index in [0.717, 1.165) is 11.1 Å². The third-order valence-corrected chi connectivity index (χ3v) is 6.72. The number of carbonyl (C=O) groups is 3. The van der Waals surface area contributed by atoms with E-state index in [4.69, 9.17) is 38.3 Å². The normalized spacial score (nSPS) is 10.0. The summed E-state index contributed by atoms with van der Waals surface area (Å²) < 4.78 is 0. The number of carboxylic acids is 3. The van der Waals surface area contributed by atoms with Crippen LogP contribution < -0.4 is 22.9 Å². The summed E-state index contributed by atoms with van der Waals surface area (Å²) in [6.45, 7) is 4.23. The minimum atomic E-state index is -1.02. The summed E-state index contributed by atoms with van der Waals surface area (Å²) in [5, 5.41) is 44.0. The van der Waals surface area contributed by atoms with Crippen LogP contribution in [0, 0.1) is 0 Å². The van der Waals surface area contributed by atoms with Gasteiger partial charge in [-0.25, -0.2) is 14.4 Å². The minimum Gasteiger partial charge on any atom is -0.508 e. The van der Waals surface area contributed by atoms with Crippen molar-refractivity contribution in [2.45, 2.75) is 19.3 Å². The molecule has 0 aromatic heterocycles. The molecule has 12 nitrogen and oxygen atoms in total. The first-order valence-electron chi connectivity index (χ1n) is 14.2. The Balaban J connectivity index is 0.000000229. The van der Waals surface area contributed by atoms with Gasteiger partial charge < -0.3 is 48.5 Å². The molecule has 5 aromatic carbocycles. The van der Waals surface area contributed by atoms with Crippen molar-refractivity contribution in [1.82, 2.24) is 0 Å². The monoisotopic (exact) mass is 654 g/mol. The Hall–Kier alpha value is -6.69. The fourth-order valence-corrected chi connectivity index (χ4v) is 3.97. The number of phenolic OH excluding ortho intramolecular Hbond substituents is 2. The molecule has 12 heteroatoms. The molecular formula is C36H38N4O8. The number of carboxylic acid groups (broad SMARTS) is 3. The van der Waals surface area contributed by atoms with E-state index in [-0.39, 0.29) is 33.6 Å². The number of rotatable bonds is 5. The zero-order valence-corrected chi connectivity index (χ0v) is 26.2. The number of phenols is 2. The predicted molar refractivity (Wildman–Crippen MR) is 186 cm³/mol. The standard InChI is InChI=1S/C15H16O2.C7H8N2O2.2C7H7NO2/c1-15(2,11-3-7-13(16)8-4-11)12-5-9-14(17)10-6-12;8-5-1-4(7(10)11)2-6(9)3-5;2*8-6-3-1-5(2-4-6)7(9)10/h3-10,16-17H,1-2H3;1-3H,8-9H2,(H,10,11);2*1-4H,8H2,(H,9,10). The van der Waals surface area contributed by atoms with E-state index in [1.807, 2.05) is 24.3 Å². The van der Waals surface area contributed by atoms with Gasteiger partial charge in [-0.2, -0.15) is 0 Å². The molecule has 0 bridgehead atoms. The van der Waals surface area contributed by atoms with Gasteiger partial charge in [0.05, 0.1) is 16.7 Å². The fourth-order valence-electron chi connectivity index (χ4n) is 3.97. The Bertz CT molecular complexity index is 1680. The molecule has 0 aliphatic carbocycles. The molecule has 0 amide bonds. The summed E-state index contributed by atoms with van der Waals surface area (Å²) >= 11 is 0. The molecule has 5 rings (SSSR count). The second-order valence-electron chi connectivity index (χ2n) is 10.8. The summed E-state index contributed by atoms with van der Waals surface area (Å²) in [6, 6.07) is 30.8. The van der Waals surface area contributed by atoms with Crippen LogP contribution in [-0.4, -0.2) is 43.4 Å². The summed E-state index contributed by atoms with van der Waals surface area (Å²) in [5.74, 6) is -2.34. The summed E-state index contributed by atoms with van der Waals surface area (Å²) in [7, 11) is 0. The fraction of sp³-hybridized carbons (Fsp3) is 0.0833. The molecular weight excluding hydrogens is 616 g/mol. The van der Waals surface area contributed by atoms with Crippen molar-refractivity contribution in [3.63, 3.8) is 0 Å². The molecule has 13 N–H and O–H groups in total. The second-order valence-corrected chi connectivity index (χ2v) is 10.8. The molecule has 5 aromatic rings. The van der Waals surface area contributed by atoms with Crippen molar-refractivity contribution in [3.8, 4) is 11.5 Å². The van der Waals surface area contributed by atoms with Crippen LogP contribution in [-0.2, 0) is 5.41 Å². The molecule has 0 aliphatic rings. The number of hydrogen-bond acceptors (Lipinski definition) is 9. The molecule has 0 saturated carbocycles. The Labute approximate surface area is 277 Å². The quantitative estimate of drug-likeness (QED) is 0.100. The van der Waals surface area contributed by atoms with Gasteiger partial charge in [-0.1, -0.05) is 38.1 Å². The first kappa shape index (κ1) is 37.5. The first-order valence-corrected chi connectivity index (χ1v) is 14.2. The van der Waals surface area contributed by atoms with E-state index >= 15 is 0 Å². The largest absolute Gasteiger partial charge is 0.508 e. The number of anilines is 4. The average Bonchev–Trinajstić information content (AvgIpc) is 3.02. The van der Waals surface area contributed by atoms with Crippen LogP contribution in [0.4, 0.5) is 22.7 Å². The molecule has 0 spiro atoms. The van der Waals surface area contributed by atoms with Crippen LogP contribution >= 0.6 is 0 Å². The van der Waals surface area contributed by atoms with Gasteiger partial charge in [0.25, 0.3) is 0 Å². The number of hydrogen-bond donors (Lipinski definition) is 9.